The largest absolute Gasteiger partial charge is 0.336 e. The van der Waals surface area contributed by atoms with E-state index >= 15 is 0 Å². The molecule has 2 heterocycles. The first kappa shape index (κ1) is 21.0. The maximum absolute atomic E-state index is 13.5. The van der Waals surface area contributed by atoms with Gasteiger partial charge in [-0.3, -0.25) is 14.5 Å². The van der Waals surface area contributed by atoms with Crippen molar-refractivity contribution >= 4 is 46.3 Å². The molecule has 0 saturated heterocycles. The van der Waals surface area contributed by atoms with Crippen LogP contribution in [0.5, 0.6) is 0 Å². The van der Waals surface area contributed by atoms with E-state index in [1.807, 2.05) is 23.1 Å². The van der Waals surface area contributed by atoms with Crippen LogP contribution in [0.15, 0.2) is 48.2 Å². The normalized spacial score (nSPS) is 16.5. The van der Waals surface area contributed by atoms with E-state index in [0.717, 1.165) is 37.8 Å². The lowest BCUT2D eigenvalue weighted by atomic mass is 9.98. The average molecular weight is 443 g/mol. The van der Waals surface area contributed by atoms with Crippen molar-refractivity contribution in [3.05, 3.63) is 69.3 Å². The predicted molar refractivity (Wildman–Crippen MR) is 122 cm³/mol. The molecule has 30 heavy (non-hydrogen) atoms. The molecule has 2 amide bonds. The quantitative estimate of drug-likeness (QED) is 0.424. The topological polar surface area (TPSA) is 40.6 Å². The van der Waals surface area contributed by atoms with Gasteiger partial charge in [-0.25, -0.2) is 0 Å². The summed E-state index contributed by atoms with van der Waals surface area (Å²) in [6, 6.07) is 13.1. The number of nitrogens with zero attached hydrogens (tertiary/aromatic N) is 2. The van der Waals surface area contributed by atoms with Crippen molar-refractivity contribution < 1.29 is 9.59 Å². The predicted octanol–water partition coefficient (Wildman–Crippen LogP) is 5.72. The average Bonchev–Trinajstić information content (AvgIpc) is 2.98. The first-order chi connectivity index (χ1) is 14.5. The fraction of sp³-hybridized carbons (Fsp3) is 0.333. The van der Waals surface area contributed by atoms with E-state index in [0.29, 0.717) is 40.0 Å². The molecule has 0 unspecified atom stereocenters. The van der Waals surface area contributed by atoms with Crippen molar-refractivity contribution in [1.82, 2.24) is 4.90 Å². The molecular formula is C24H24Cl2N2O2. The van der Waals surface area contributed by atoms with Crippen LogP contribution < -0.4 is 4.90 Å². The number of imide groups is 1. The molecule has 0 fully saturated rings. The lowest BCUT2D eigenvalue weighted by Crippen LogP contribution is -2.37. The first-order valence-corrected chi connectivity index (χ1v) is 11.2. The van der Waals surface area contributed by atoms with Crippen LogP contribution in [0.1, 0.15) is 43.7 Å². The number of anilines is 1. The van der Waals surface area contributed by atoms with Crippen LogP contribution in [0.4, 0.5) is 5.69 Å². The monoisotopic (exact) mass is 442 g/mol. The molecule has 0 radical (unpaired) electrons. The Bertz CT molecular complexity index is 1030. The highest BCUT2D eigenvalue weighted by Gasteiger charge is 2.43. The molecule has 0 N–H and O–H groups in total. The summed E-state index contributed by atoms with van der Waals surface area (Å²) in [5.74, 6) is -0.521. The van der Waals surface area contributed by atoms with E-state index in [4.69, 9.17) is 23.2 Å². The van der Waals surface area contributed by atoms with Crippen LogP contribution >= 0.6 is 23.2 Å². The first-order valence-electron chi connectivity index (χ1n) is 10.4. The van der Waals surface area contributed by atoms with Crippen molar-refractivity contribution in [3.8, 4) is 0 Å². The highest BCUT2D eigenvalue weighted by molar-refractivity contribution is 6.41. The van der Waals surface area contributed by atoms with Gasteiger partial charge in [0, 0.05) is 29.4 Å². The van der Waals surface area contributed by atoms with Gasteiger partial charge in [-0.05, 0) is 43.0 Å². The Labute approximate surface area is 187 Å². The molecule has 0 saturated carbocycles. The zero-order valence-corrected chi connectivity index (χ0v) is 18.5. The van der Waals surface area contributed by atoms with Crippen LogP contribution in [-0.2, 0) is 16.0 Å². The van der Waals surface area contributed by atoms with Gasteiger partial charge in [-0.2, -0.15) is 0 Å². The van der Waals surface area contributed by atoms with Gasteiger partial charge in [0.2, 0.25) is 0 Å². The maximum atomic E-state index is 13.5. The minimum absolute atomic E-state index is 0.242. The maximum Gasteiger partial charge on any atom is 0.278 e. The van der Waals surface area contributed by atoms with E-state index in [9.17, 15) is 9.59 Å². The fourth-order valence-corrected chi connectivity index (χ4v) is 4.74. The Morgan fingerprint density at radius 1 is 1.00 bits per heavy atom. The number of carbonyl (C=O) groups is 2. The fourth-order valence-electron chi connectivity index (χ4n) is 4.24. The second kappa shape index (κ2) is 8.83. The Balaban J connectivity index is 1.85. The van der Waals surface area contributed by atoms with Gasteiger partial charge >= 0.3 is 0 Å². The Hall–Kier alpha value is -2.30. The van der Waals surface area contributed by atoms with Crippen molar-refractivity contribution in [1.29, 1.82) is 0 Å². The summed E-state index contributed by atoms with van der Waals surface area (Å²) >= 11 is 12.6. The molecule has 4 nitrogen and oxygen atoms in total. The van der Waals surface area contributed by atoms with Gasteiger partial charge in [0.05, 0.1) is 10.6 Å². The molecule has 0 bridgehead atoms. The van der Waals surface area contributed by atoms with Gasteiger partial charge in [0.1, 0.15) is 5.70 Å². The zero-order valence-electron chi connectivity index (χ0n) is 17.0. The van der Waals surface area contributed by atoms with Crippen molar-refractivity contribution in [3.63, 3.8) is 0 Å². The molecule has 6 heteroatoms. The number of amides is 2. The van der Waals surface area contributed by atoms with E-state index in [1.54, 1.807) is 18.2 Å². The zero-order chi connectivity index (χ0) is 21.3. The van der Waals surface area contributed by atoms with Crippen LogP contribution in [0, 0.1) is 0 Å². The van der Waals surface area contributed by atoms with E-state index in [1.165, 1.54) is 10.5 Å². The number of fused-ring (bicyclic) bond motifs is 1. The molecule has 2 aliphatic rings. The summed E-state index contributed by atoms with van der Waals surface area (Å²) in [5, 5.41) is 0.864. The SMILES string of the molecule is CCCCCN1C(=O)C(c2ccc(Cl)cc2Cl)=C(N2CCCc3ccccc32)C1=O. The highest BCUT2D eigenvalue weighted by atomic mass is 35.5. The number of hydrogen-bond donors (Lipinski definition) is 0. The lowest BCUT2D eigenvalue weighted by molar-refractivity contribution is -0.137. The highest BCUT2D eigenvalue weighted by Crippen LogP contribution is 2.40. The van der Waals surface area contributed by atoms with Crippen LogP contribution in [0.2, 0.25) is 10.0 Å². The summed E-state index contributed by atoms with van der Waals surface area (Å²) in [7, 11) is 0. The van der Waals surface area contributed by atoms with Gasteiger partial charge in [-0.15, -0.1) is 0 Å². The van der Waals surface area contributed by atoms with Crippen molar-refractivity contribution in [2.24, 2.45) is 0 Å². The summed E-state index contributed by atoms with van der Waals surface area (Å²) in [5.41, 5.74) is 3.51. The van der Waals surface area contributed by atoms with Gasteiger partial charge in [0.25, 0.3) is 11.8 Å². The van der Waals surface area contributed by atoms with Crippen molar-refractivity contribution in [2.45, 2.75) is 39.0 Å². The second-order valence-corrected chi connectivity index (χ2v) is 8.54. The van der Waals surface area contributed by atoms with Crippen LogP contribution in [0.3, 0.4) is 0 Å². The van der Waals surface area contributed by atoms with Gasteiger partial charge in [-0.1, -0.05) is 67.2 Å². The molecule has 0 aromatic heterocycles. The lowest BCUT2D eigenvalue weighted by Gasteiger charge is -2.32. The molecule has 156 valence electrons. The minimum Gasteiger partial charge on any atom is -0.336 e. The van der Waals surface area contributed by atoms with Crippen LogP contribution in [0.25, 0.3) is 5.57 Å². The summed E-state index contributed by atoms with van der Waals surface area (Å²) in [6.45, 7) is 3.20. The summed E-state index contributed by atoms with van der Waals surface area (Å²) in [4.78, 5) is 30.3. The summed E-state index contributed by atoms with van der Waals surface area (Å²) < 4.78 is 0. The number of carbonyl (C=O) groups excluding carboxylic acids is 2. The molecule has 0 aliphatic carbocycles. The number of halogens is 2. The summed E-state index contributed by atoms with van der Waals surface area (Å²) in [6.07, 6.45) is 4.65. The van der Waals surface area contributed by atoms with Crippen LogP contribution in [-0.4, -0.2) is 29.8 Å². The molecule has 0 atom stereocenters. The Morgan fingerprint density at radius 2 is 1.80 bits per heavy atom. The molecule has 2 aromatic rings. The van der Waals surface area contributed by atoms with E-state index in [2.05, 4.69) is 13.0 Å². The molecule has 2 aromatic carbocycles. The third-order valence-corrected chi connectivity index (χ3v) is 6.26. The third-order valence-electron chi connectivity index (χ3n) is 5.71. The van der Waals surface area contributed by atoms with E-state index in [-0.39, 0.29) is 11.8 Å². The number of benzene rings is 2. The number of unbranched alkanes of at least 4 members (excludes halogenated alkanes) is 2. The third kappa shape index (κ3) is 3.75. The second-order valence-electron chi connectivity index (χ2n) is 7.70. The Kier molecular flexibility index (Phi) is 6.16. The van der Waals surface area contributed by atoms with Gasteiger partial charge in [0.15, 0.2) is 0 Å². The molecule has 4 rings (SSSR count). The standard InChI is InChI=1S/C24H24Cl2N2O2/c1-2-3-6-13-28-23(29)21(18-12-11-17(25)15-19(18)26)22(24(28)30)27-14-7-9-16-8-4-5-10-20(16)27/h4-5,8,10-12,15H,2-3,6-7,9,13-14H2,1H3. The smallest absolute Gasteiger partial charge is 0.278 e. The number of aryl methyl sites for hydroxylation is 1. The van der Waals surface area contributed by atoms with Gasteiger partial charge < -0.3 is 4.90 Å². The van der Waals surface area contributed by atoms with Crippen molar-refractivity contribution in [2.75, 3.05) is 18.0 Å². The molecular weight excluding hydrogens is 419 g/mol. The number of hydrogen-bond acceptors (Lipinski definition) is 3. The number of rotatable bonds is 6. The van der Waals surface area contributed by atoms with E-state index < -0.39 is 0 Å². The Morgan fingerprint density at radius 3 is 2.57 bits per heavy atom. The minimum atomic E-state index is -0.279. The molecule has 0 spiro atoms. The number of para-hydroxylation sites is 1. The molecule has 2 aliphatic heterocycles.